The summed E-state index contributed by atoms with van der Waals surface area (Å²) in [6, 6.07) is 0.600. The van der Waals surface area contributed by atoms with Crippen LogP contribution in [0.2, 0.25) is 0 Å². The van der Waals surface area contributed by atoms with Crippen molar-refractivity contribution in [1.29, 1.82) is 0 Å². The molecule has 1 amide bonds. The van der Waals surface area contributed by atoms with Crippen LogP contribution in [0.15, 0.2) is 12.7 Å². The molecule has 0 aromatic heterocycles. The van der Waals surface area contributed by atoms with Crippen molar-refractivity contribution in [2.24, 2.45) is 5.92 Å². The smallest absolute Gasteiger partial charge is 0.236 e. The van der Waals surface area contributed by atoms with Crippen LogP contribution in [-0.2, 0) is 4.79 Å². The molecule has 0 aromatic carbocycles. The molecule has 0 unspecified atom stereocenters. The van der Waals surface area contributed by atoms with Gasteiger partial charge >= 0.3 is 0 Å². The maximum Gasteiger partial charge on any atom is 0.236 e. The zero-order chi connectivity index (χ0) is 14.3. The number of likely N-dealkylation sites (tertiary alicyclic amines) is 1. The third-order valence-corrected chi connectivity index (χ3v) is 3.96. The molecule has 4 nitrogen and oxygen atoms in total. The Morgan fingerprint density at radius 1 is 1.47 bits per heavy atom. The largest absolute Gasteiger partial charge is 0.342 e. The lowest BCUT2D eigenvalue weighted by Crippen LogP contribution is -2.45. The summed E-state index contributed by atoms with van der Waals surface area (Å²) in [5.41, 5.74) is 0. The standard InChI is InChI=1S/C15H29N3O/c1-5-8-16-11-15(19)18-9-6-14(7-10-18)12-17(4)13(2)3/h5,13-14,16H,1,6-12H2,2-4H3. The number of hydrogen-bond acceptors (Lipinski definition) is 3. The van der Waals surface area contributed by atoms with Crippen molar-refractivity contribution in [3.63, 3.8) is 0 Å². The highest BCUT2D eigenvalue weighted by Gasteiger charge is 2.23. The monoisotopic (exact) mass is 267 g/mol. The maximum absolute atomic E-state index is 11.9. The lowest BCUT2D eigenvalue weighted by atomic mass is 9.96. The van der Waals surface area contributed by atoms with E-state index in [9.17, 15) is 4.79 Å². The summed E-state index contributed by atoms with van der Waals surface area (Å²) in [5, 5.41) is 3.07. The first-order valence-corrected chi connectivity index (χ1v) is 7.34. The summed E-state index contributed by atoms with van der Waals surface area (Å²) in [4.78, 5) is 16.3. The van der Waals surface area contributed by atoms with Gasteiger partial charge in [-0.05, 0) is 39.7 Å². The van der Waals surface area contributed by atoms with Crippen molar-refractivity contribution in [3.05, 3.63) is 12.7 Å². The van der Waals surface area contributed by atoms with E-state index in [-0.39, 0.29) is 5.91 Å². The third-order valence-electron chi connectivity index (χ3n) is 3.96. The van der Waals surface area contributed by atoms with Crippen LogP contribution in [0.3, 0.4) is 0 Å². The Bertz CT molecular complexity index is 283. The van der Waals surface area contributed by atoms with E-state index < -0.39 is 0 Å². The van der Waals surface area contributed by atoms with E-state index in [0.29, 0.717) is 19.1 Å². The first-order valence-electron chi connectivity index (χ1n) is 7.34. The number of carbonyl (C=O) groups excluding carboxylic acids is 1. The van der Waals surface area contributed by atoms with E-state index in [4.69, 9.17) is 0 Å². The molecular formula is C15H29N3O. The maximum atomic E-state index is 11.9. The third kappa shape index (κ3) is 5.74. The van der Waals surface area contributed by atoms with Crippen LogP contribution in [0.1, 0.15) is 26.7 Å². The molecule has 19 heavy (non-hydrogen) atoms. The van der Waals surface area contributed by atoms with Crippen LogP contribution in [0.5, 0.6) is 0 Å². The number of carbonyl (C=O) groups is 1. The van der Waals surface area contributed by atoms with E-state index >= 15 is 0 Å². The molecule has 4 heteroatoms. The molecule has 0 aromatic rings. The number of nitrogens with zero attached hydrogens (tertiary/aromatic N) is 2. The average Bonchev–Trinajstić information content (AvgIpc) is 2.39. The average molecular weight is 267 g/mol. The second-order valence-electron chi connectivity index (χ2n) is 5.78. The second-order valence-corrected chi connectivity index (χ2v) is 5.78. The summed E-state index contributed by atoms with van der Waals surface area (Å²) in [6.07, 6.45) is 4.04. The SMILES string of the molecule is C=CCNCC(=O)N1CCC(CN(C)C(C)C)CC1. The molecular weight excluding hydrogens is 238 g/mol. The molecule has 1 aliphatic rings. The van der Waals surface area contributed by atoms with Gasteiger partial charge in [-0.15, -0.1) is 6.58 Å². The summed E-state index contributed by atoms with van der Waals surface area (Å²) < 4.78 is 0. The Morgan fingerprint density at radius 2 is 2.11 bits per heavy atom. The topological polar surface area (TPSA) is 35.6 Å². The first-order chi connectivity index (χ1) is 9.04. The fourth-order valence-corrected chi connectivity index (χ4v) is 2.38. The molecule has 0 aliphatic carbocycles. The molecule has 1 N–H and O–H groups in total. The van der Waals surface area contributed by atoms with Gasteiger partial charge in [0.05, 0.1) is 6.54 Å². The Kier molecular flexibility index (Phi) is 7.10. The molecule has 0 saturated carbocycles. The molecule has 0 bridgehead atoms. The van der Waals surface area contributed by atoms with Crippen LogP contribution >= 0.6 is 0 Å². The van der Waals surface area contributed by atoms with Gasteiger partial charge in [0.25, 0.3) is 0 Å². The quantitative estimate of drug-likeness (QED) is 0.558. The number of hydrogen-bond donors (Lipinski definition) is 1. The minimum atomic E-state index is 0.220. The highest BCUT2D eigenvalue weighted by molar-refractivity contribution is 5.78. The summed E-state index contributed by atoms with van der Waals surface area (Å²) >= 11 is 0. The number of piperidine rings is 1. The normalized spacial score (nSPS) is 17.2. The molecule has 1 heterocycles. The van der Waals surface area contributed by atoms with Crippen molar-refractivity contribution in [2.75, 3.05) is 39.8 Å². The van der Waals surface area contributed by atoms with Gasteiger partial charge in [0.1, 0.15) is 0 Å². The fraction of sp³-hybridized carbons (Fsp3) is 0.800. The predicted molar refractivity (Wildman–Crippen MR) is 80.1 cm³/mol. The highest BCUT2D eigenvalue weighted by Crippen LogP contribution is 2.18. The van der Waals surface area contributed by atoms with E-state index in [1.165, 1.54) is 0 Å². The van der Waals surface area contributed by atoms with Crippen LogP contribution in [-0.4, -0.2) is 61.5 Å². The van der Waals surface area contributed by atoms with Gasteiger partial charge in [0.2, 0.25) is 5.91 Å². The summed E-state index contributed by atoms with van der Waals surface area (Å²) in [5.74, 6) is 0.954. The predicted octanol–water partition coefficient (Wildman–Crippen LogP) is 1.34. The molecule has 0 atom stereocenters. The minimum Gasteiger partial charge on any atom is -0.342 e. The van der Waals surface area contributed by atoms with Gasteiger partial charge in [0, 0.05) is 32.2 Å². The van der Waals surface area contributed by atoms with E-state index in [2.05, 4.69) is 37.7 Å². The van der Waals surface area contributed by atoms with Gasteiger partial charge in [-0.25, -0.2) is 0 Å². The number of nitrogens with one attached hydrogen (secondary N) is 1. The Morgan fingerprint density at radius 3 is 2.63 bits per heavy atom. The molecule has 110 valence electrons. The number of rotatable bonds is 7. The van der Waals surface area contributed by atoms with Crippen LogP contribution in [0.4, 0.5) is 0 Å². The van der Waals surface area contributed by atoms with Gasteiger partial charge in [-0.1, -0.05) is 6.08 Å². The van der Waals surface area contributed by atoms with Crippen molar-refractivity contribution >= 4 is 5.91 Å². The molecule has 0 spiro atoms. The van der Waals surface area contributed by atoms with Gasteiger partial charge in [-0.3, -0.25) is 4.79 Å². The van der Waals surface area contributed by atoms with Crippen molar-refractivity contribution in [1.82, 2.24) is 15.1 Å². The zero-order valence-corrected chi connectivity index (χ0v) is 12.7. The van der Waals surface area contributed by atoms with Crippen molar-refractivity contribution in [2.45, 2.75) is 32.7 Å². The molecule has 1 saturated heterocycles. The summed E-state index contributed by atoms with van der Waals surface area (Å²) in [7, 11) is 2.18. The van der Waals surface area contributed by atoms with Gasteiger partial charge < -0.3 is 15.1 Å². The van der Waals surface area contributed by atoms with Crippen LogP contribution in [0.25, 0.3) is 0 Å². The lowest BCUT2D eigenvalue weighted by molar-refractivity contribution is -0.131. The van der Waals surface area contributed by atoms with Crippen molar-refractivity contribution in [3.8, 4) is 0 Å². The second kappa shape index (κ2) is 8.33. The highest BCUT2D eigenvalue weighted by atomic mass is 16.2. The molecule has 0 radical (unpaired) electrons. The fourth-order valence-electron chi connectivity index (χ4n) is 2.38. The van der Waals surface area contributed by atoms with E-state index in [1.54, 1.807) is 6.08 Å². The summed E-state index contributed by atoms with van der Waals surface area (Å²) in [6.45, 7) is 12.2. The zero-order valence-electron chi connectivity index (χ0n) is 12.7. The Hall–Kier alpha value is -0.870. The van der Waals surface area contributed by atoms with E-state index in [0.717, 1.165) is 38.4 Å². The van der Waals surface area contributed by atoms with Gasteiger partial charge in [-0.2, -0.15) is 0 Å². The Labute approximate surface area is 117 Å². The molecule has 1 rings (SSSR count). The van der Waals surface area contributed by atoms with Crippen LogP contribution in [0, 0.1) is 5.92 Å². The first kappa shape index (κ1) is 16.2. The molecule has 1 fully saturated rings. The lowest BCUT2D eigenvalue weighted by Gasteiger charge is -2.35. The molecule has 1 aliphatic heterocycles. The number of amides is 1. The van der Waals surface area contributed by atoms with E-state index in [1.807, 2.05) is 4.90 Å². The van der Waals surface area contributed by atoms with Gasteiger partial charge in [0.15, 0.2) is 0 Å². The minimum absolute atomic E-state index is 0.220. The van der Waals surface area contributed by atoms with Crippen LogP contribution < -0.4 is 5.32 Å². The van der Waals surface area contributed by atoms with Crippen molar-refractivity contribution < 1.29 is 4.79 Å². The Balaban J connectivity index is 2.24.